The van der Waals surface area contributed by atoms with Crippen molar-refractivity contribution in [2.75, 3.05) is 36.4 Å². The second-order valence-corrected chi connectivity index (χ2v) is 10.8. The van der Waals surface area contributed by atoms with E-state index in [0.717, 1.165) is 10.6 Å². The van der Waals surface area contributed by atoms with Gasteiger partial charge in [0.1, 0.15) is 10.7 Å². The Kier molecular flexibility index (Phi) is 6.47. The van der Waals surface area contributed by atoms with Crippen molar-refractivity contribution >= 4 is 49.7 Å². The third-order valence-electron chi connectivity index (χ3n) is 5.08. The zero-order valence-electron chi connectivity index (χ0n) is 17.1. The summed E-state index contributed by atoms with van der Waals surface area (Å²) >= 11 is 7.54. The standard InChI is InChI=1S/C21H20ClFN4O3S2/c1-14-13-24-21(31-14)25-20(28)15-2-7-18(22)19(12-15)32(29,30)27-10-8-26(9-11-27)17-5-3-16(23)4-6-17/h2-7,12-13H,8-11H2,1H3,(H,24,25,28). The van der Waals surface area contributed by atoms with Crippen molar-refractivity contribution in [3.05, 3.63) is 69.9 Å². The van der Waals surface area contributed by atoms with E-state index < -0.39 is 15.9 Å². The van der Waals surface area contributed by atoms with Crippen molar-refractivity contribution < 1.29 is 17.6 Å². The van der Waals surface area contributed by atoms with Crippen LogP contribution in [0, 0.1) is 12.7 Å². The van der Waals surface area contributed by atoms with E-state index in [1.165, 1.54) is 46.0 Å². The lowest BCUT2D eigenvalue weighted by molar-refractivity contribution is 0.102. The Labute approximate surface area is 194 Å². The fraction of sp³-hybridized carbons (Fsp3) is 0.238. The first-order valence-electron chi connectivity index (χ1n) is 9.78. The maximum Gasteiger partial charge on any atom is 0.257 e. The lowest BCUT2D eigenvalue weighted by Gasteiger charge is -2.35. The van der Waals surface area contributed by atoms with Gasteiger partial charge in [0.2, 0.25) is 10.0 Å². The van der Waals surface area contributed by atoms with Gasteiger partial charge in [0.05, 0.1) is 5.02 Å². The van der Waals surface area contributed by atoms with Crippen LogP contribution in [0.25, 0.3) is 0 Å². The molecule has 2 heterocycles. The molecule has 168 valence electrons. The minimum Gasteiger partial charge on any atom is -0.369 e. The summed E-state index contributed by atoms with van der Waals surface area (Å²) in [6.45, 7) is 3.25. The fourth-order valence-electron chi connectivity index (χ4n) is 3.40. The number of aryl methyl sites for hydroxylation is 1. The molecule has 1 aliphatic heterocycles. The molecular weight excluding hydrogens is 475 g/mol. The number of hydrogen-bond donors (Lipinski definition) is 1. The smallest absolute Gasteiger partial charge is 0.257 e. The van der Waals surface area contributed by atoms with Gasteiger partial charge in [0.15, 0.2) is 5.13 Å². The van der Waals surface area contributed by atoms with Crippen LogP contribution < -0.4 is 10.2 Å². The minimum absolute atomic E-state index is 0.0487. The van der Waals surface area contributed by atoms with Crippen LogP contribution >= 0.6 is 22.9 Å². The summed E-state index contributed by atoms with van der Waals surface area (Å²) in [5.74, 6) is -0.785. The normalized spacial score (nSPS) is 15.0. The van der Waals surface area contributed by atoms with Crippen LogP contribution in [0.15, 0.2) is 53.6 Å². The Hall–Kier alpha value is -2.53. The molecule has 11 heteroatoms. The van der Waals surface area contributed by atoms with Crippen molar-refractivity contribution in [2.45, 2.75) is 11.8 Å². The number of hydrogen-bond acceptors (Lipinski definition) is 6. The number of thiazole rings is 1. The quantitative estimate of drug-likeness (QED) is 0.579. The Morgan fingerprint density at radius 1 is 1.12 bits per heavy atom. The Morgan fingerprint density at radius 2 is 1.81 bits per heavy atom. The maximum atomic E-state index is 13.3. The molecule has 0 spiro atoms. The van der Waals surface area contributed by atoms with E-state index in [9.17, 15) is 17.6 Å². The first-order valence-corrected chi connectivity index (χ1v) is 12.4. The van der Waals surface area contributed by atoms with Gasteiger partial charge in [-0.2, -0.15) is 4.31 Å². The number of halogens is 2. The first-order chi connectivity index (χ1) is 15.2. The van der Waals surface area contributed by atoms with Crippen LogP contribution in [-0.4, -0.2) is 49.8 Å². The SMILES string of the molecule is Cc1cnc(NC(=O)c2ccc(Cl)c(S(=O)(=O)N3CCN(c4ccc(F)cc4)CC3)c2)s1. The molecule has 1 saturated heterocycles. The van der Waals surface area contributed by atoms with E-state index in [2.05, 4.69) is 10.3 Å². The van der Waals surface area contributed by atoms with E-state index in [1.807, 2.05) is 11.8 Å². The summed E-state index contributed by atoms with van der Waals surface area (Å²) in [5, 5.41) is 3.15. The van der Waals surface area contributed by atoms with Gasteiger partial charge in [-0.25, -0.2) is 17.8 Å². The van der Waals surface area contributed by atoms with E-state index >= 15 is 0 Å². The van der Waals surface area contributed by atoms with Gasteiger partial charge in [0.25, 0.3) is 5.91 Å². The number of nitrogens with one attached hydrogen (secondary N) is 1. The third-order valence-corrected chi connectivity index (χ3v) is 8.29. The summed E-state index contributed by atoms with van der Waals surface area (Å²) in [7, 11) is -3.91. The van der Waals surface area contributed by atoms with Crippen LogP contribution in [0.1, 0.15) is 15.2 Å². The molecule has 32 heavy (non-hydrogen) atoms. The zero-order valence-corrected chi connectivity index (χ0v) is 19.5. The van der Waals surface area contributed by atoms with Crippen LogP contribution in [0.3, 0.4) is 0 Å². The topological polar surface area (TPSA) is 82.6 Å². The molecule has 1 amide bonds. The van der Waals surface area contributed by atoms with E-state index in [4.69, 9.17) is 11.6 Å². The van der Waals surface area contributed by atoms with Crippen LogP contribution in [0.2, 0.25) is 5.02 Å². The highest BCUT2D eigenvalue weighted by Crippen LogP contribution is 2.28. The molecule has 0 saturated carbocycles. The fourth-order valence-corrected chi connectivity index (χ4v) is 5.98. The number of sulfonamides is 1. The number of anilines is 2. The number of rotatable bonds is 5. The average molecular weight is 495 g/mol. The summed E-state index contributed by atoms with van der Waals surface area (Å²) < 4.78 is 41.0. The number of aromatic nitrogens is 1. The second kappa shape index (κ2) is 9.14. The molecule has 1 aliphatic rings. The third kappa shape index (κ3) is 4.78. The lowest BCUT2D eigenvalue weighted by atomic mass is 10.2. The van der Waals surface area contributed by atoms with Crippen LogP contribution in [0.4, 0.5) is 15.2 Å². The van der Waals surface area contributed by atoms with Crippen molar-refractivity contribution in [1.82, 2.24) is 9.29 Å². The molecule has 0 unspecified atom stereocenters. The van der Waals surface area contributed by atoms with Crippen molar-refractivity contribution in [3.63, 3.8) is 0 Å². The summed E-state index contributed by atoms with van der Waals surface area (Å²) in [4.78, 5) is 19.5. The Balaban J connectivity index is 1.50. The van der Waals surface area contributed by atoms with Crippen LogP contribution in [-0.2, 0) is 10.0 Å². The van der Waals surface area contributed by atoms with Gasteiger partial charge in [-0.15, -0.1) is 11.3 Å². The number of amides is 1. The molecule has 2 aromatic carbocycles. The number of carbonyl (C=O) groups excluding carboxylic acids is 1. The van der Waals surface area contributed by atoms with Crippen molar-refractivity contribution in [3.8, 4) is 0 Å². The molecule has 1 fully saturated rings. The first kappa shape index (κ1) is 22.7. The molecule has 7 nitrogen and oxygen atoms in total. The Bertz CT molecular complexity index is 1240. The molecule has 3 aromatic rings. The lowest BCUT2D eigenvalue weighted by Crippen LogP contribution is -2.48. The van der Waals surface area contributed by atoms with Gasteiger partial charge in [0, 0.05) is 48.5 Å². The number of benzene rings is 2. The van der Waals surface area contributed by atoms with Gasteiger partial charge in [-0.05, 0) is 49.4 Å². The van der Waals surface area contributed by atoms with Crippen LogP contribution in [0.5, 0.6) is 0 Å². The highest BCUT2D eigenvalue weighted by Gasteiger charge is 2.31. The molecule has 0 radical (unpaired) electrons. The molecule has 1 N–H and O–H groups in total. The molecule has 0 atom stereocenters. The summed E-state index contributed by atoms with van der Waals surface area (Å²) in [5.41, 5.74) is 1.00. The summed E-state index contributed by atoms with van der Waals surface area (Å²) in [6, 6.07) is 10.3. The predicted molar refractivity (Wildman–Crippen MR) is 124 cm³/mol. The molecule has 0 aliphatic carbocycles. The highest BCUT2D eigenvalue weighted by atomic mass is 35.5. The monoisotopic (exact) mass is 494 g/mol. The average Bonchev–Trinajstić information content (AvgIpc) is 3.19. The highest BCUT2D eigenvalue weighted by molar-refractivity contribution is 7.89. The Morgan fingerprint density at radius 3 is 2.44 bits per heavy atom. The van der Waals surface area contributed by atoms with Gasteiger partial charge >= 0.3 is 0 Å². The molecular formula is C21H20ClFN4O3S2. The molecule has 0 bridgehead atoms. The largest absolute Gasteiger partial charge is 0.369 e. The number of nitrogens with zero attached hydrogens (tertiary/aromatic N) is 3. The van der Waals surface area contributed by atoms with Crippen molar-refractivity contribution in [1.29, 1.82) is 0 Å². The van der Waals surface area contributed by atoms with Gasteiger partial charge in [-0.1, -0.05) is 11.6 Å². The summed E-state index contributed by atoms with van der Waals surface area (Å²) in [6.07, 6.45) is 1.64. The number of piperazine rings is 1. The van der Waals surface area contributed by atoms with Gasteiger partial charge < -0.3 is 4.90 Å². The maximum absolute atomic E-state index is 13.3. The molecule has 4 rings (SSSR count). The van der Waals surface area contributed by atoms with Crippen molar-refractivity contribution in [2.24, 2.45) is 0 Å². The number of carbonyl (C=O) groups is 1. The van der Waals surface area contributed by atoms with E-state index in [1.54, 1.807) is 18.3 Å². The second-order valence-electron chi connectivity index (χ2n) is 7.24. The van der Waals surface area contributed by atoms with E-state index in [-0.39, 0.29) is 34.4 Å². The predicted octanol–water partition coefficient (Wildman–Crippen LogP) is 4.01. The minimum atomic E-state index is -3.91. The van der Waals surface area contributed by atoms with E-state index in [0.29, 0.717) is 18.2 Å². The molecule has 1 aromatic heterocycles. The van der Waals surface area contributed by atoms with Gasteiger partial charge in [-0.3, -0.25) is 10.1 Å². The zero-order chi connectivity index (χ0) is 22.9.